The number of anilines is 1. The molecule has 3 aromatic rings. The second kappa shape index (κ2) is 9.18. The van der Waals surface area contributed by atoms with E-state index in [-0.39, 0.29) is 22.4 Å². The Hall–Kier alpha value is -3.07. The lowest BCUT2D eigenvalue weighted by Gasteiger charge is -2.15. The largest absolute Gasteiger partial charge is 0.287 e. The van der Waals surface area contributed by atoms with Gasteiger partial charge >= 0.3 is 0 Å². The standard InChI is InChI=1S/C20H22F3N5O5S2/c1-11(2)28-17-15(10-24-19(26-17)34(4,30)31)25-16(18(28)29)12-5-6-14(13(21)9-12)27-35(32,33)8-7-20(3,22)23/h5-6,9-11,27H,7-8H2,1-4H3. The van der Waals surface area contributed by atoms with Gasteiger partial charge in [0.25, 0.3) is 5.56 Å². The summed E-state index contributed by atoms with van der Waals surface area (Å²) in [6, 6.07) is 2.67. The van der Waals surface area contributed by atoms with E-state index in [0.29, 0.717) is 6.92 Å². The summed E-state index contributed by atoms with van der Waals surface area (Å²) in [7, 11) is -8.02. The van der Waals surface area contributed by atoms with E-state index in [1.165, 1.54) is 10.6 Å². The Kier molecular flexibility index (Phi) is 6.96. The molecule has 35 heavy (non-hydrogen) atoms. The number of nitrogens with zero attached hydrogens (tertiary/aromatic N) is 4. The topological polar surface area (TPSA) is 141 Å². The maximum Gasteiger partial charge on any atom is 0.278 e. The maximum absolute atomic E-state index is 14.7. The summed E-state index contributed by atoms with van der Waals surface area (Å²) in [4.78, 5) is 25.1. The van der Waals surface area contributed by atoms with Gasteiger partial charge in [-0.15, -0.1) is 0 Å². The molecule has 0 spiro atoms. The molecule has 1 N–H and O–H groups in total. The van der Waals surface area contributed by atoms with E-state index in [1.807, 2.05) is 4.72 Å². The molecule has 0 fully saturated rings. The first-order valence-electron chi connectivity index (χ1n) is 10.2. The zero-order valence-corrected chi connectivity index (χ0v) is 20.7. The van der Waals surface area contributed by atoms with Crippen molar-refractivity contribution in [3.63, 3.8) is 0 Å². The summed E-state index contributed by atoms with van der Waals surface area (Å²) in [5.74, 6) is -5.19. The first-order chi connectivity index (χ1) is 16.0. The highest BCUT2D eigenvalue weighted by atomic mass is 32.2. The highest BCUT2D eigenvalue weighted by molar-refractivity contribution is 7.92. The minimum absolute atomic E-state index is 0.000899. The monoisotopic (exact) mass is 533 g/mol. The molecule has 0 unspecified atom stereocenters. The number of fused-ring (bicyclic) bond motifs is 1. The molecular weight excluding hydrogens is 511 g/mol. The van der Waals surface area contributed by atoms with E-state index in [1.54, 1.807) is 13.8 Å². The number of sulfone groups is 1. The molecule has 0 radical (unpaired) electrons. The van der Waals surface area contributed by atoms with Crippen LogP contribution in [0.2, 0.25) is 0 Å². The lowest BCUT2D eigenvalue weighted by Crippen LogP contribution is -2.26. The SMILES string of the molecule is CC(C)n1c(=O)c(-c2ccc(NS(=O)(=O)CCC(C)(F)F)c(F)c2)nc2cnc(S(C)(=O)=O)nc21. The number of nitrogens with one attached hydrogen (secondary N) is 1. The Morgan fingerprint density at radius 2 is 1.80 bits per heavy atom. The molecular formula is C20H22F3N5O5S2. The average molecular weight is 534 g/mol. The molecule has 3 rings (SSSR count). The van der Waals surface area contributed by atoms with Crippen LogP contribution in [0.15, 0.2) is 34.3 Å². The number of hydrogen-bond acceptors (Lipinski definition) is 8. The molecule has 0 saturated heterocycles. The Morgan fingerprint density at radius 3 is 2.34 bits per heavy atom. The Morgan fingerprint density at radius 1 is 1.14 bits per heavy atom. The van der Waals surface area contributed by atoms with Crippen molar-refractivity contribution in [2.24, 2.45) is 0 Å². The molecule has 15 heteroatoms. The van der Waals surface area contributed by atoms with Crippen LogP contribution in [0.1, 0.15) is 33.2 Å². The van der Waals surface area contributed by atoms with Gasteiger partial charge in [0.2, 0.25) is 30.9 Å². The second-order valence-corrected chi connectivity index (χ2v) is 12.1. The first-order valence-corrected chi connectivity index (χ1v) is 13.7. The molecule has 2 heterocycles. The molecule has 0 aliphatic carbocycles. The minimum atomic E-state index is -4.26. The van der Waals surface area contributed by atoms with Crippen molar-refractivity contribution in [1.82, 2.24) is 19.5 Å². The fourth-order valence-electron chi connectivity index (χ4n) is 3.11. The highest BCUT2D eigenvalue weighted by Crippen LogP contribution is 2.25. The molecule has 0 aliphatic heterocycles. The van der Waals surface area contributed by atoms with Crippen LogP contribution in [0, 0.1) is 5.82 Å². The number of sulfonamides is 1. The molecule has 0 saturated carbocycles. The van der Waals surface area contributed by atoms with Gasteiger partial charge < -0.3 is 0 Å². The molecule has 0 bridgehead atoms. The second-order valence-electron chi connectivity index (χ2n) is 8.30. The molecule has 10 nitrogen and oxygen atoms in total. The van der Waals surface area contributed by atoms with Gasteiger partial charge in [0.1, 0.15) is 17.0 Å². The van der Waals surface area contributed by atoms with Crippen molar-refractivity contribution in [3.8, 4) is 11.3 Å². The van der Waals surface area contributed by atoms with Gasteiger partial charge in [-0.2, -0.15) is 4.98 Å². The number of rotatable bonds is 8. The lowest BCUT2D eigenvalue weighted by molar-refractivity contribution is 0.0189. The smallest absolute Gasteiger partial charge is 0.278 e. The zero-order chi connectivity index (χ0) is 26.3. The number of benzene rings is 1. The van der Waals surface area contributed by atoms with Crippen LogP contribution in [0.5, 0.6) is 0 Å². The number of halogens is 3. The van der Waals surface area contributed by atoms with Crippen molar-refractivity contribution in [2.45, 2.75) is 44.3 Å². The van der Waals surface area contributed by atoms with Crippen molar-refractivity contribution in [2.75, 3.05) is 16.7 Å². The number of aromatic nitrogens is 4. The van der Waals surface area contributed by atoms with Gasteiger partial charge in [-0.05, 0) is 32.9 Å². The zero-order valence-electron chi connectivity index (χ0n) is 19.1. The molecule has 190 valence electrons. The summed E-state index contributed by atoms with van der Waals surface area (Å²) < 4.78 is 91.5. The third-order valence-electron chi connectivity index (χ3n) is 4.78. The van der Waals surface area contributed by atoms with Crippen LogP contribution >= 0.6 is 0 Å². The normalized spacial score (nSPS) is 12.9. The summed E-state index contributed by atoms with van der Waals surface area (Å²) in [5.41, 5.74) is -1.34. The minimum Gasteiger partial charge on any atom is -0.287 e. The quantitative estimate of drug-likeness (QED) is 0.436. The molecule has 0 aliphatic rings. The lowest BCUT2D eigenvalue weighted by atomic mass is 10.1. The fourth-order valence-corrected chi connectivity index (χ4v) is 4.83. The van der Waals surface area contributed by atoms with E-state index < -0.39 is 66.2 Å². The van der Waals surface area contributed by atoms with Crippen LogP contribution in [0.4, 0.5) is 18.9 Å². The summed E-state index contributed by atoms with van der Waals surface area (Å²) in [6.07, 6.45) is 1.10. The van der Waals surface area contributed by atoms with E-state index in [2.05, 4.69) is 15.0 Å². The number of alkyl halides is 2. The Balaban J connectivity index is 2.07. The van der Waals surface area contributed by atoms with Crippen LogP contribution in [0.3, 0.4) is 0 Å². The molecule has 1 aromatic carbocycles. The van der Waals surface area contributed by atoms with Gasteiger partial charge in [0.15, 0.2) is 5.65 Å². The summed E-state index contributed by atoms with van der Waals surface area (Å²) in [6.45, 7) is 3.89. The van der Waals surface area contributed by atoms with Crippen molar-refractivity contribution < 1.29 is 30.0 Å². The molecule has 0 atom stereocenters. The van der Waals surface area contributed by atoms with Gasteiger partial charge in [-0.1, -0.05) is 6.07 Å². The predicted octanol–water partition coefficient (Wildman–Crippen LogP) is 2.76. The predicted molar refractivity (Wildman–Crippen MR) is 123 cm³/mol. The van der Waals surface area contributed by atoms with E-state index in [9.17, 15) is 34.8 Å². The van der Waals surface area contributed by atoms with Gasteiger partial charge in [0.05, 0.1) is 17.6 Å². The summed E-state index contributed by atoms with van der Waals surface area (Å²) in [5, 5.41) is -0.489. The van der Waals surface area contributed by atoms with Gasteiger partial charge in [-0.25, -0.2) is 40.0 Å². The van der Waals surface area contributed by atoms with E-state index in [0.717, 1.165) is 24.6 Å². The Labute approximate surface area is 199 Å². The van der Waals surface area contributed by atoms with Gasteiger partial charge in [0, 0.05) is 24.3 Å². The van der Waals surface area contributed by atoms with Crippen LogP contribution in [-0.2, 0) is 19.9 Å². The molecule has 0 amide bonds. The fraction of sp³-hybridized carbons (Fsp3) is 0.400. The highest BCUT2D eigenvalue weighted by Gasteiger charge is 2.26. The Bertz CT molecular complexity index is 1570. The van der Waals surface area contributed by atoms with Crippen molar-refractivity contribution in [1.29, 1.82) is 0 Å². The number of hydrogen-bond donors (Lipinski definition) is 1. The van der Waals surface area contributed by atoms with Crippen molar-refractivity contribution in [3.05, 3.63) is 40.6 Å². The third kappa shape index (κ3) is 6.14. The van der Waals surface area contributed by atoms with E-state index in [4.69, 9.17) is 0 Å². The van der Waals surface area contributed by atoms with Crippen LogP contribution in [0.25, 0.3) is 22.4 Å². The third-order valence-corrected chi connectivity index (χ3v) is 6.91. The molecule has 2 aromatic heterocycles. The van der Waals surface area contributed by atoms with Crippen LogP contribution < -0.4 is 10.3 Å². The van der Waals surface area contributed by atoms with Gasteiger partial charge in [-0.3, -0.25) is 14.1 Å². The summed E-state index contributed by atoms with van der Waals surface area (Å²) >= 11 is 0. The van der Waals surface area contributed by atoms with E-state index >= 15 is 0 Å². The van der Waals surface area contributed by atoms with Crippen molar-refractivity contribution >= 4 is 36.7 Å². The van der Waals surface area contributed by atoms with Crippen LogP contribution in [-0.4, -0.2) is 54.3 Å². The maximum atomic E-state index is 14.7. The average Bonchev–Trinajstić information content (AvgIpc) is 2.71. The first kappa shape index (κ1) is 26.5.